The summed E-state index contributed by atoms with van der Waals surface area (Å²) < 4.78 is 0. The van der Waals surface area contributed by atoms with Crippen molar-refractivity contribution in [3.8, 4) is 0 Å². The largest absolute Gasteiger partial charge is 0.350 e. The molecule has 1 aromatic heterocycles. The summed E-state index contributed by atoms with van der Waals surface area (Å²) in [4.78, 5) is 27.1. The molecule has 0 aliphatic rings. The van der Waals surface area contributed by atoms with E-state index in [1.165, 1.54) is 16.2 Å². The van der Waals surface area contributed by atoms with E-state index < -0.39 is 0 Å². The highest BCUT2D eigenvalue weighted by Gasteiger charge is 2.20. The molecule has 1 unspecified atom stereocenters. The number of benzene rings is 1. The Balaban J connectivity index is 0.00000288. The van der Waals surface area contributed by atoms with Crippen LogP contribution in [0, 0.1) is 0 Å². The minimum Gasteiger partial charge on any atom is -0.350 e. The molecular weight excluding hydrogens is 346 g/mol. The standard InChI is InChI=1S/C17H21N3O2S.ClH/c1-12(18-2)11-19-16(21)13-7-4-5-8-14(13)20(3)17(22)15-9-6-10-23-15;/h4-10,12,18H,11H2,1-3H3,(H,19,21);1H. The first-order valence-electron chi connectivity index (χ1n) is 7.40. The summed E-state index contributed by atoms with van der Waals surface area (Å²) in [5.74, 6) is -0.308. The van der Waals surface area contributed by atoms with E-state index in [1.54, 1.807) is 31.3 Å². The van der Waals surface area contributed by atoms with Gasteiger partial charge in [-0.1, -0.05) is 18.2 Å². The van der Waals surface area contributed by atoms with Crippen molar-refractivity contribution in [3.05, 3.63) is 52.2 Å². The molecular formula is C17H22ClN3O2S. The van der Waals surface area contributed by atoms with Gasteiger partial charge in [-0.15, -0.1) is 23.7 Å². The Kier molecular flexibility index (Phi) is 7.91. The number of likely N-dealkylation sites (N-methyl/N-ethyl adjacent to an activating group) is 1. The second-order valence-electron chi connectivity index (χ2n) is 5.26. The molecule has 0 saturated carbocycles. The molecule has 1 atom stereocenters. The number of rotatable bonds is 6. The van der Waals surface area contributed by atoms with Gasteiger partial charge >= 0.3 is 0 Å². The number of carbonyl (C=O) groups is 2. The van der Waals surface area contributed by atoms with Crippen molar-refractivity contribution >= 4 is 41.2 Å². The van der Waals surface area contributed by atoms with Crippen molar-refractivity contribution in [1.29, 1.82) is 0 Å². The predicted octanol–water partition coefficient (Wildman–Crippen LogP) is 2.78. The molecule has 2 rings (SSSR count). The summed E-state index contributed by atoms with van der Waals surface area (Å²) >= 11 is 1.39. The molecule has 1 heterocycles. The van der Waals surface area contributed by atoms with Gasteiger partial charge in [-0.2, -0.15) is 0 Å². The van der Waals surface area contributed by atoms with Gasteiger partial charge in [0.15, 0.2) is 0 Å². The Morgan fingerprint density at radius 3 is 2.54 bits per heavy atom. The highest BCUT2D eigenvalue weighted by molar-refractivity contribution is 7.12. The summed E-state index contributed by atoms with van der Waals surface area (Å²) in [6.07, 6.45) is 0. The van der Waals surface area contributed by atoms with Crippen LogP contribution in [0.25, 0.3) is 0 Å². The first-order chi connectivity index (χ1) is 11.0. The van der Waals surface area contributed by atoms with Gasteiger partial charge in [-0.05, 0) is 37.6 Å². The van der Waals surface area contributed by atoms with Crippen LogP contribution in [0.4, 0.5) is 5.69 Å². The molecule has 0 aliphatic heterocycles. The lowest BCUT2D eigenvalue weighted by molar-refractivity contribution is 0.0951. The van der Waals surface area contributed by atoms with E-state index in [-0.39, 0.29) is 30.3 Å². The van der Waals surface area contributed by atoms with Crippen molar-refractivity contribution in [3.63, 3.8) is 0 Å². The Bertz CT molecular complexity index is 676. The molecule has 1 aromatic carbocycles. The number of carbonyl (C=O) groups excluding carboxylic acids is 2. The number of hydrogen-bond acceptors (Lipinski definition) is 4. The molecule has 2 aromatic rings. The molecule has 130 valence electrons. The van der Waals surface area contributed by atoms with Gasteiger partial charge in [-0.25, -0.2) is 0 Å². The van der Waals surface area contributed by atoms with Gasteiger partial charge in [0.2, 0.25) is 0 Å². The van der Waals surface area contributed by atoms with Crippen molar-refractivity contribution in [2.45, 2.75) is 13.0 Å². The van der Waals surface area contributed by atoms with E-state index in [0.29, 0.717) is 22.7 Å². The predicted molar refractivity (Wildman–Crippen MR) is 102 cm³/mol. The lowest BCUT2D eigenvalue weighted by Gasteiger charge is -2.20. The zero-order chi connectivity index (χ0) is 16.8. The summed E-state index contributed by atoms with van der Waals surface area (Å²) in [5, 5.41) is 7.81. The number of amides is 2. The molecule has 5 nitrogen and oxygen atoms in total. The van der Waals surface area contributed by atoms with Gasteiger partial charge < -0.3 is 15.5 Å². The monoisotopic (exact) mass is 367 g/mol. The topological polar surface area (TPSA) is 61.4 Å². The SMILES string of the molecule is CNC(C)CNC(=O)c1ccccc1N(C)C(=O)c1cccs1.Cl. The fourth-order valence-electron chi connectivity index (χ4n) is 2.08. The van der Waals surface area contributed by atoms with E-state index in [9.17, 15) is 9.59 Å². The van der Waals surface area contributed by atoms with Crippen LogP contribution in [0.15, 0.2) is 41.8 Å². The van der Waals surface area contributed by atoms with Gasteiger partial charge in [0.05, 0.1) is 16.1 Å². The van der Waals surface area contributed by atoms with E-state index in [4.69, 9.17) is 0 Å². The van der Waals surface area contributed by atoms with E-state index in [1.807, 2.05) is 31.5 Å². The summed E-state index contributed by atoms with van der Waals surface area (Å²) in [6.45, 7) is 2.50. The van der Waals surface area contributed by atoms with Crippen molar-refractivity contribution < 1.29 is 9.59 Å². The van der Waals surface area contributed by atoms with Crippen LogP contribution in [0.3, 0.4) is 0 Å². The van der Waals surface area contributed by atoms with Crippen LogP contribution in [-0.4, -0.2) is 38.5 Å². The highest BCUT2D eigenvalue weighted by atomic mass is 35.5. The molecule has 0 fully saturated rings. The number of anilines is 1. The maximum absolute atomic E-state index is 12.5. The Labute approximate surface area is 152 Å². The third-order valence-corrected chi connectivity index (χ3v) is 4.47. The smallest absolute Gasteiger partial charge is 0.268 e. The van der Waals surface area contributed by atoms with Gasteiger partial charge in [-0.3, -0.25) is 9.59 Å². The maximum atomic E-state index is 12.5. The number of para-hydroxylation sites is 1. The Hall–Kier alpha value is -1.89. The first-order valence-corrected chi connectivity index (χ1v) is 8.28. The first kappa shape index (κ1) is 20.2. The lowest BCUT2D eigenvalue weighted by Crippen LogP contribution is -2.38. The van der Waals surface area contributed by atoms with Crippen molar-refractivity contribution in [2.75, 3.05) is 25.5 Å². The van der Waals surface area contributed by atoms with Crippen LogP contribution < -0.4 is 15.5 Å². The molecule has 7 heteroatoms. The number of nitrogens with one attached hydrogen (secondary N) is 2. The molecule has 2 amide bonds. The second-order valence-corrected chi connectivity index (χ2v) is 6.21. The maximum Gasteiger partial charge on any atom is 0.268 e. The molecule has 24 heavy (non-hydrogen) atoms. The summed E-state index contributed by atoms with van der Waals surface area (Å²) in [6, 6.07) is 10.9. The Morgan fingerprint density at radius 2 is 1.92 bits per heavy atom. The molecule has 0 aliphatic carbocycles. The van der Waals surface area contributed by atoms with Crippen LogP contribution in [-0.2, 0) is 0 Å². The average Bonchev–Trinajstić information content (AvgIpc) is 3.12. The summed E-state index contributed by atoms with van der Waals surface area (Å²) in [7, 11) is 3.53. The third-order valence-electron chi connectivity index (χ3n) is 3.61. The van der Waals surface area contributed by atoms with E-state index in [0.717, 1.165) is 0 Å². The zero-order valence-electron chi connectivity index (χ0n) is 13.9. The van der Waals surface area contributed by atoms with Gasteiger partial charge in [0.1, 0.15) is 0 Å². The minimum atomic E-state index is -0.187. The molecule has 2 N–H and O–H groups in total. The van der Waals surface area contributed by atoms with Gasteiger partial charge in [0.25, 0.3) is 11.8 Å². The van der Waals surface area contributed by atoms with Crippen LogP contribution in [0.5, 0.6) is 0 Å². The fraction of sp³-hybridized carbons (Fsp3) is 0.294. The van der Waals surface area contributed by atoms with E-state index in [2.05, 4.69) is 10.6 Å². The average molecular weight is 368 g/mol. The van der Waals surface area contributed by atoms with Crippen molar-refractivity contribution in [2.24, 2.45) is 0 Å². The lowest BCUT2D eigenvalue weighted by atomic mass is 10.1. The highest BCUT2D eigenvalue weighted by Crippen LogP contribution is 2.22. The number of nitrogens with zero attached hydrogens (tertiary/aromatic N) is 1. The van der Waals surface area contributed by atoms with Crippen LogP contribution in [0.1, 0.15) is 27.0 Å². The fourth-order valence-corrected chi connectivity index (χ4v) is 2.77. The molecule has 0 radical (unpaired) electrons. The minimum absolute atomic E-state index is 0. The number of thiophene rings is 1. The molecule has 0 bridgehead atoms. The molecule has 0 spiro atoms. The van der Waals surface area contributed by atoms with E-state index >= 15 is 0 Å². The summed E-state index contributed by atoms with van der Waals surface area (Å²) in [5.41, 5.74) is 1.09. The normalized spacial score (nSPS) is 11.3. The Morgan fingerprint density at radius 1 is 1.21 bits per heavy atom. The molecule has 0 saturated heterocycles. The van der Waals surface area contributed by atoms with Crippen LogP contribution >= 0.6 is 23.7 Å². The second kappa shape index (κ2) is 9.42. The zero-order valence-corrected chi connectivity index (χ0v) is 15.5. The number of hydrogen-bond donors (Lipinski definition) is 2. The third kappa shape index (κ3) is 4.80. The van der Waals surface area contributed by atoms with Crippen LogP contribution in [0.2, 0.25) is 0 Å². The van der Waals surface area contributed by atoms with Crippen molar-refractivity contribution in [1.82, 2.24) is 10.6 Å². The quantitative estimate of drug-likeness (QED) is 0.825. The number of halogens is 1. The van der Waals surface area contributed by atoms with Gasteiger partial charge in [0, 0.05) is 19.6 Å².